The molecule has 4 heteroatoms. The quantitative estimate of drug-likeness (QED) is 0.822. The number of nitrogens with zero attached hydrogens (tertiary/aromatic N) is 2. The number of benzene rings is 1. The molecule has 0 radical (unpaired) electrons. The van der Waals surface area contributed by atoms with Gasteiger partial charge in [-0.05, 0) is 12.0 Å². The van der Waals surface area contributed by atoms with Crippen LogP contribution in [0.1, 0.15) is 37.2 Å². The van der Waals surface area contributed by atoms with E-state index in [1.807, 2.05) is 30.6 Å². The van der Waals surface area contributed by atoms with Gasteiger partial charge in [-0.15, -0.1) is 0 Å². The topological polar surface area (TPSA) is 43.8 Å². The molecule has 2 aromatic rings. The zero-order valence-corrected chi connectivity index (χ0v) is 11.9. The maximum absolute atomic E-state index is 5.76. The average molecular weight is 273 g/mol. The van der Waals surface area contributed by atoms with Crippen LogP contribution in [0.15, 0.2) is 42.7 Å². The second kappa shape index (κ2) is 6.48. The maximum atomic E-state index is 5.76. The van der Waals surface area contributed by atoms with E-state index >= 15 is 0 Å². The predicted octanol–water partition coefficient (Wildman–Crippen LogP) is 3.10. The summed E-state index contributed by atoms with van der Waals surface area (Å²) in [7, 11) is 0. The summed E-state index contributed by atoms with van der Waals surface area (Å²) in [6.45, 7) is 2.16. The van der Waals surface area contributed by atoms with Gasteiger partial charge in [0.2, 0.25) is 0 Å². The van der Waals surface area contributed by atoms with Crippen molar-refractivity contribution in [3.63, 3.8) is 0 Å². The van der Waals surface area contributed by atoms with Gasteiger partial charge in [0.15, 0.2) is 0 Å². The van der Waals surface area contributed by atoms with E-state index in [4.69, 9.17) is 18.0 Å². The molecule has 0 aliphatic rings. The van der Waals surface area contributed by atoms with E-state index in [1.54, 1.807) is 0 Å². The summed E-state index contributed by atoms with van der Waals surface area (Å²) in [5.41, 5.74) is 6.97. The molecule has 1 aromatic heterocycles. The number of hydrogen-bond donors (Lipinski definition) is 1. The molecule has 19 heavy (non-hydrogen) atoms. The molecule has 0 saturated carbocycles. The fourth-order valence-corrected chi connectivity index (χ4v) is 2.45. The van der Waals surface area contributed by atoms with Gasteiger partial charge < -0.3 is 10.3 Å². The number of aryl methyl sites for hydroxylation is 1. The van der Waals surface area contributed by atoms with Crippen LogP contribution in [-0.2, 0) is 6.42 Å². The van der Waals surface area contributed by atoms with Crippen molar-refractivity contribution in [2.45, 2.75) is 32.2 Å². The standard InChI is InChI=1S/C15H19N3S/c1-2-6-15-17-9-10-18(15)13(11-14(16)19)12-7-4-3-5-8-12/h3-5,7-10,13H,2,6,11H2,1H3,(H2,16,19). The van der Waals surface area contributed by atoms with Gasteiger partial charge in [0.1, 0.15) is 5.82 Å². The van der Waals surface area contributed by atoms with Crippen molar-refractivity contribution in [2.24, 2.45) is 5.73 Å². The van der Waals surface area contributed by atoms with Gasteiger partial charge in [-0.2, -0.15) is 0 Å². The van der Waals surface area contributed by atoms with Crippen molar-refractivity contribution in [1.82, 2.24) is 9.55 Å². The first-order valence-electron chi connectivity index (χ1n) is 6.57. The summed E-state index contributed by atoms with van der Waals surface area (Å²) >= 11 is 5.10. The van der Waals surface area contributed by atoms with Crippen molar-refractivity contribution in [3.05, 3.63) is 54.1 Å². The van der Waals surface area contributed by atoms with Crippen molar-refractivity contribution in [3.8, 4) is 0 Å². The molecule has 1 atom stereocenters. The van der Waals surface area contributed by atoms with Crippen LogP contribution in [0, 0.1) is 0 Å². The zero-order valence-electron chi connectivity index (χ0n) is 11.1. The molecular weight excluding hydrogens is 254 g/mol. The average Bonchev–Trinajstić information content (AvgIpc) is 2.85. The second-order valence-electron chi connectivity index (χ2n) is 4.60. The van der Waals surface area contributed by atoms with Gasteiger partial charge in [-0.1, -0.05) is 49.5 Å². The van der Waals surface area contributed by atoms with E-state index in [1.165, 1.54) is 5.56 Å². The largest absolute Gasteiger partial charge is 0.393 e. The van der Waals surface area contributed by atoms with Crippen LogP contribution >= 0.6 is 12.2 Å². The lowest BCUT2D eigenvalue weighted by molar-refractivity contribution is 0.570. The van der Waals surface area contributed by atoms with Crippen molar-refractivity contribution >= 4 is 17.2 Å². The predicted molar refractivity (Wildman–Crippen MR) is 82.2 cm³/mol. The first-order chi connectivity index (χ1) is 9.22. The van der Waals surface area contributed by atoms with Gasteiger partial charge in [0, 0.05) is 25.2 Å². The van der Waals surface area contributed by atoms with Gasteiger partial charge in [0.25, 0.3) is 0 Å². The molecule has 0 saturated heterocycles. The Morgan fingerprint density at radius 3 is 2.74 bits per heavy atom. The monoisotopic (exact) mass is 273 g/mol. The minimum absolute atomic E-state index is 0.141. The molecule has 100 valence electrons. The van der Waals surface area contributed by atoms with Gasteiger partial charge in [-0.25, -0.2) is 4.98 Å². The fraction of sp³-hybridized carbons (Fsp3) is 0.333. The number of nitrogens with two attached hydrogens (primary N) is 1. The molecule has 2 N–H and O–H groups in total. The van der Waals surface area contributed by atoms with E-state index in [2.05, 4.69) is 28.6 Å². The third kappa shape index (κ3) is 3.41. The summed E-state index contributed by atoms with van der Waals surface area (Å²) in [4.78, 5) is 4.97. The first kappa shape index (κ1) is 13.7. The maximum Gasteiger partial charge on any atom is 0.109 e. The van der Waals surface area contributed by atoms with E-state index in [0.717, 1.165) is 18.7 Å². The summed E-state index contributed by atoms with van der Waals surface area (Å²) in [6.07, 6.45) is 6.56. The smallest absolute Gasteiger partial charge is 0.109 e. The summed E-state index contributed by atoms with van der Waals surface area (Å²) < 4.78 is 2.19. The molecule has 1 aromatic carbocycles. The van der Waals surface area contributed by atoms with Crippen molar-refractivity contribution in [1.29, 1.82) is 0 Å². The molecule has 1 heterocycles. The highest BCUT2D eigenvalue weighted by molar-refractivity contribution is 7.80. The lowest BCUT2D eigenvalue weighted by Crippen LogP contribution is -2.20. The Labute approximate surface area is 119 Å². The highest BCUT2D eigenvalue weighted by atomic mass is 32.1. The second-order valence-corrected chi connectivity index (χ2v) is 5.12. The molecule has 3 nitrogen and oxygen atoms in total. The Balaban J connectivity index is 2.37. The van der Waals surface area contributed by atoms with Crippen LogP contribution in [-0.4, -0.2) is 14.5 Å². The molecule has 0 fully saturated rings. The van der Waals surface area contributed by atoms with Crippen LogP contribution in [0.25, 0.3) is 0 Å². The van der Waals surface area contributed by atoms with Crippen molar-refractivity contribution < 1.29 is 0 Å². The number of aromatic nitrogens is 2. The number of rotatable bonds is 6. The summed E-state index contributed by atoms with van der Waals surface area (Å²) in [5.74, 6) is 1.09. The molecule has 0 aliphatic heterocycles. The highest BCUT2D eigenvalue weighted by Crippen LogP contribution is 2.24. The third-order valence-electron chi connectivity index (χ3n) is 3.14. The Morgan fingerprint density at radius 2 is 2.11 bits per heavy atom. The normalized spacial score (nSPS) is 12.3. The Morgan fingerprint density at radius 1 is 1.37 bits per heavy atom. The molecule has 1 unspecified atom stereocenters. The highest BCUT2D eigenvalue weighted by Gasteiger charge is 2.17. The van der Waals surface area contributed by atoms with Crippen LogP contribution in [0.5, 0.6) is 0 Å². The van der Waals surface area contributed by atoms with E-state index in [0.29, 0.717) is 11.4 Å². The first-order valence-corrected chi connectivity index (χ1v) is 6.98. The molecular formula is C15H19N3S. The molecule has 0 bridgehead atoms. The minimum Gasteiger partial charge on any atom is -0.393 e. The number of imidazole rings is 1. The Bertz CT molecular complexity index is 533. The van der Waals surface area contributed by atoms with Crippen LogP contribution in [0.3, 0.4) is 0 Å². The lowest BCUT2D eigenvalue weighted by Gasteiger charge is -2.21. The van der Waals surface area contributed by atoms with Crippen LogP contribution < -0.4 is 5.73 Å². The van der Waals surface area contributed by atoms with Gasteiger partial charge in [0.05, 0.1) is 11.0 Å². The molecule has 0 amide bonds. The molecule has 0 aliphatic carbocycles. The fourth-order valence-electron chi connectivity index (χ4n) is 2.29. The summed E-state index contributed by atoms with van der Waals surface area (Å²) in [5, 5.41) is 0. The Hall–Kier alpha value is -1.68. The third-order valence-corrected chi connectivity index (χ3v) is 3.30. The summed E-state index contributed by atoms with van der Waals surface area (Å²) in [6, 6.07) is 10.5. The van der Waals surface area contributed by atoms with E-state index < -0.39 is 0 Å². The lowest BCUT2D eigenvalue weighted by atomic mass is 10.0. The van der Waals surface area contributed by atoms with Crippen LogP contribution in [0.2, 0.25) is 0 Å². The number of hydrogen-bond acceptors (Lipinski definition) is 2. The Kier molecular flexibility index (Phi) is 4.68. The zero-order chi connectivity index (χ0) is 13.7. The van der Waals surface area contributed by atoms with Crippen LogP contribution in [0.4, 0.5) is 0 Å². The van der Waals surface area contributed by atoms with E-state index in [-0.39, 0.29) is 6.04 Å². The minimum atomic E-state index is 0.141. The van der Waals surface area contributed by atoms with Gasteiger partial charge in [-0.3, -0.25) is 0 Å². The molecule has 0 spiro atoms. The molecule has 2 rings (SSSR count). The van der Waals surface area contributed by atoms with E-state index in [9.17, 15) is 0 Å². The van der Waals surface area contributed by atoms with Gasteiger partial charge >= 0.3 is 0 Å². The van der Waals surface area contributed by atoms with Crippen molar-refractivity contribution in [2.75, 3.05) is 0 Å². The number of thiocarbonyl (C=S) groups is 1. The SMILES string of the molecule is CCCc1nccn1C(CC(N)=S)c1ccccc1.